The lowest BCUT2D eigenvalue weighted by atomic mass is 10.3. The van der Waals surface area contributed by atoms with Crippen molar-refractivity contribution in [1.29, 1.82) is 0 Å². The molecule has 11 heavy (non-hydrogen) atoms. The summed E-state index contributed by atoms with van der Waals surface area (Å²) in [5.74, 6) is 0. The first-order valence-electron chi connectivity index (χ1n) is 3.02. The van der Waals surface area contributed by atoms with Crippen molar-refractivity contribution in [3.8, 4) is 0 Å². The fourth-order valence-corrected chi connectivity index (χ4v) is 0.703. The highest BCUT2D eigenvalue weighted by molar-refractivity contribution is 5.85. The van der Waals surface area contributed by atoms with Crippen LogP contribution in [0.15, 0.2) is 17.1 Å². The van der Waals surface area contributed by atoms with Crippen molar-refractivity contribution in [2.45, 2.75) is 13.3 Å². The Kier molecular flexibility index (Phi) is 3.60. The fraction of sp³-hybridized carbons (Fsp3) is 0.333. The van der Waals surface area contributed by atoms with Gasteiger partial charge in [-0.1, -0.05) is 6.92 Å². The Morgan fingerprint density at radius 1 is 1.73 bits per heavy atom. The SMILES string of the molecule is CCc1ccnc(=O)n1O.Cl. The predicted molar refractivity (Wildman–Crippen MR) is 42.3 cm³/mol. The van der Waals surface area contributed by atoms with Crippen molar-refractivity contribution in [3.05, 3.63) is 28.4 Å². The Morgan fingerprint density at radius 3 is 2.82 bits per heavy atom. The van der Waals surface area contributed by atoms with Crippen molar-refractivity contribution in [1.82, 2.24) is 9.71 Å². The minimum atomic E-state index is -0.626. The van der Waals surface area contributed by atoms with Gasteiger partial charge in [-0.15, -0.1) is 17.1 Å². The summed E-state index contributed by atoms with van der Waals surface area (Å²) in [7, 11) is 0. The first-order valence-corrected chi connectivity index (χ1v) is 3.02. The van der Waals surface area contributed by atoms with Crippen LogP contribution in [0.25, 0.3) is 0 Å². The highest BCUT2D eigenvalue weighted by atomic mass is 35.5. The van der Waals surface area contributed by atoms with E-state index in [1.807, 2.05) is 6.92 Å². The van der Waals surface area contributed by atoms with E-state index in [0.717, 1.165) is 0 Å². The number of hydrogen-bond donors (Lipinski definition) is 1. The Morgan fingerprint density at radius 2 is 2.36 bits per heavy atom. The molecule has 0 spiro atoms. The minimum Gasteiger partial charge on any atom is -0.424 e. The topological polar surface area (TPSA) is 55.1 Å². The van der Waals surface area contributed by atoms with Crippen molar-refractivity contribution < 1.29 is 5.21 Å². The predicted octanol–water partition coefficient (Wildman–Crippen LogP) is 0.465. The molecule has 0 fully saturated rings. The molecule has 1 rings (SSSR count). The normalized spacial score (nSPS) is 8.82. The van der Waals surface area contributed by atoms with Gasteiger partial charge in [0.05, 0.1) is 5.69 Å². The molecule has 0 aliphatic carbocycles. The second kappa shape index (κ2) is 3.98. The molecule has 0 atom stereocenters. The van der Waals surface area contributed by atoms with Gasteiger partial charge in [-0.2, -0.15) is 4.98 Å². The molecule has 0 aliphatic rings. The lowest BCUT2D eigenvalue weighted by Crippen LogP contribution is -2.22. The highest BCUT2D eigenvalue weighted by Crippen LogP contribution is 1.90. The number of nitrogens with zero attached hydrogens (tertiary/aromatic N) is 2. The first-order chi connectivity index (χ1) is 4.75. The molecule has 1 aromatic rings. The molecule has 0 radical (unpaired) electrons. The molecule has 1 aromatic heterocycles. The van der Waals surface area contributed by atoms with Crippen molar-refractivity contribution in [2.24, 2.45) is 0 Å². The van der Waals surface area contributed by atoms with Gasteiger partial charge in [0.25, 0.3) is 0 Å². The standard InChI is InChI=1S/C6H8N2O2.ClH/c1-2-5-3-4-7-6(9)8(5)10;/h3-4,10H,2H2,1H3;1H. The van der Waals surface area contributed by atoms with Crippen LogP contribution < -0.4 is 5.69 Å². The fourth-order valence-electron chi connectivity index (χ4n) is 0.703. The smallest absolute Gasteiger partial charge is 0.380 e. The van der Waals surface area contributed by atoms with E-state index >= 15 is 0 Å². The second-order valence-corrected chi connectivity index (χ2v) is 1.88. The molecule has 1 N–H and O–H groups in total. The molecule has 5 heteroatoms. The summed E-state index contributed by atoms with van der Waals surface area (Å²) in [5.41, 5.74) is -0.0562. The van der Waals surface area contributed by atoms with Crippen molar-refractivity contribution in [3.63, 3.8) is 0 Å². The summed E-state index contributed by atoms with van der Waals surface area (Å²) in [6.45, 7) is 1.85. The molecule has 0 aliphatic heterocycles. The zero-order valence-electron chi connectivity index (χ0n) is 6.02. The molecular formula is C6H9ClN2O2. The number of aryl methyl sites for hydroxylation is 1. The van der Waals surface area contributed by atoms with Crippen LogP contribution in [-0.4, -0.2) is 14.9 Å². The van der Waals surface area contributed by atoms with Crippen molar-refractivity contribution in [2.75, 3.05) is 0 Å². The van der Waals surface area contributed by atoms with Gasteiger partial charge in [0.1, 0.15) is 0 Å². The summed E-state index contributed by atoms with van der Waals surface area (Å²) in [4.78, 5) is 13.9. The zero-order valence-corrected chi connectivity index (χ0v) is 6.84. The molecule has 0 bridgehead atoms. The summed E-state index contributed by atoms with van der Waals surface area (Å²) >= 11 is 0. The Bertz CT molecular complexity index is 284. The van der Waals surface area contributed by atoms with Crippen LogP contribution in [0.1, 0.15) is 12.6 Å². The first kappa shape index (κ1) is 9.97. The molecule has 0 unspecified atom stereocenters. The van der Waals surface area contributed by atoms with E-state index in [4.69, 9.17) is 5.21 Å². The monoisotopic (exact) mass is 176 g/mol. The molecular weight excluding hydrogens is 168 g/mol. The summed E-state index contributed by atoms with van der Waals surface area (Å²) in [5, 5.41) is 8.94. The van der Waals surface area contributed by atoms with Gasteiger partial charge in [0.15, 0.2) is 0 Å². The average molecular weight is 177 g/mol. The van der Waals surface area contributed by atoms with E-state index in [1.54, 1.807) is 6.07 Å². The third-order valence-corrected chi connectivity index (χ3v) is 1.27. The van der Waals surface area contributed by atoms with Crippen LogP contribution in [-0.2, 0) is 6.42 Å². The van der Waals surface area contributed by atoms with E-state index in [1.165, 1.54) is 6.20 Å². The third kappa shape index (κ3) is 1.94. The number of halogens is 1. The van der Waals surface area contributed by atoms with Crippen molar-refractivity contribution >= 4 is 12.4 Å². The molecule has 1 heterocycles. The minimum absolute atomic E-state index is 0. The van der Waals surface area contributed by atoms with Gasteiger partial charge in [-0.3, -0.25) is 0 Å². The summed E-state index contributed by atoms with van der Waals surface area (Å²) < 4.78 is 0.556. The van der Waals surface area contributed by atoms with Gasteiger partial charge in [0.2, 0.25) is 0 Å². The average Bonchev–Trinajstić information content (AvgIpc) is 1.95. The van der Waals surface area contributed by atoms with Crippen LogP contribution in [0.2, 0.25) is 0 Å². The number of aromatic nitrogens is 2. The van der Waals surface area contributed by atoms with Crippen LogP contribution in [0.5, 0.6) is 0 Å². The maximum absolute atomic E-state index is 10.6. The van der Waals surface area contributed by atoms with Crippen LogP contribution >= 0.6 is 12.4 Å². The maximum Gasteiger partial charge on any atom is 0.380 e. The van der Waals surface area contributed by atoms with E-state index in [-0.39, 0.29) is 12.4 Å². The zero-order chi connectivity index (χ0) is 7.56. The molecule has 62 valence electrons. The largest absolute Gasteiger partial charge is 0.424 e. The van der Waals surface area contributed by atoms with E-state index in [9.17, 15) is 4.79 Å². The third-order valence-electron chi connectivity index (χ3n) is 1.27. The van der Waals surface area contributed by atoms with Gasteiger partial charge >= 0.3 is 5.69 Å². The molecule has 4 nitrogen and oxygen atoms in total. The van der Waals surface area contributed by atoms with E-state index < -0.39 is 5.69 Å². The van der Waals surface area contributed by atoms with Gasteiger partial charge in [0, 0.05) is 6.20 Å². The van der Waals surface area contributed by atoms with E-state index in [0.29, 0.717) is 16.8 Å². The Labute approximate surface area is 69.9 Å². The van der Waals surface area contributed by atoms with Crippen LogP contribution in [0.4, 0.5) is 0 Å². The molecule has 0 aromatic carbocycles. The molecule has 0 saturated heterocycles. The molecule has 0 amide bonds. The lowest BCUT2D eigenvalue weighted by molar-refractivity contribution is 0.161. The quantitative estimate of drug-likeness (QED) is 0.633. The second-order valence-electron chi connectivity index (χ2n) is 1.88. The molecule has 0 saturated carbocycles. The number of rotatable bonds is 1. The van der Waals surface area contributed by atoms with Gasteiger partial charge < -0.3 is 5.21 Å². The summed E-state index contributed by atoms with van der Waals surface area (Å²) in [6.07, 6.45) is 2.00. The maximum atomic E-state index is 10.6. The highest BCUT2D eigenvalue weighted by Gasteiger charge is 1.97. The lowest BCUT2D eigenvalue weighted by Gasteiger charge is -1.99. The Balaban J connectivity index is 0.000001000. The number of hydrogen-bond acceptors (Lipinski definition) is 3. The van der Waals surface area contributed by atoms with Crippen LogP contribution in [0.3, 0.4) is 0 Å². The van der Waals surface area contributed by atoms with Gasteiger partial charge in [-0.25, -0.2) is 4.79 Å². The summed E-state index contributed by atoms with van der Waals surface area (Å²) in [6, 6.07) is 1.60. The van der Waals surface area contributed by atoms with E-state index in [2.05, 4.69) is 4.98 Å². The van der Waals surface area contributed by atoms with Crippen LogP contribution in [0, 0.1) is 0 Å². The van der Waals surface area contributed by atoms with Gasteiger partial charge in [-0.05, 0) is 12.5 Å². The Hall–Kier alpha value is -1.03.